The lowest BCUT2D eigenvalue weighted by atomic mass is 9.87. The third-order valence-corrected chi connectivity index (χ3v) is 11.4. The number of fused-ring (bicyclic) bond motifs is 12. The van der Waals surface area contributed by atoms with Gasteiger partial charge >= 0.3 is 0 Å². The van der Waals surface area contributed by atoms with Crippen LogP contribution in [-0.2, 0) is 0 Å². The van der Waals surface area contributed by atoms with Crippen molar-refractivity contribution in [1.82, 2.24) is 9.97 Å². The van der Waals surface area contributed by atoms with E-state index in [0.717, 1.165) is 82.4 Å². The van der Waals surface area contributed by atoms with E-state index in [-0.39, 0.29) is 0 Å². The van der Waals surface area contributed by atoms with E-state index in [2.05, 4.69) is 170 Å². The van der Waals surface area contributed by atoms with E-state index in [1.807, 2.05) is 12.1 Å². The van der Waals surface area contributed by atoms with Gasteiger partial charge in [0.15, 0.2) is 0 Å². The first-order chi connectivity index (χ1) is 27.2. The molecule has 12 aromatic rings. The Morgan fingerprint density at radius 1 is 0.327 bits per heavy atom. The van der Waals surface area contributed by atoms with Crippen LogP contribution in [0.25, 0.3) is 120 Å². The van der Waals surface area contributed by atoms with Crippen LogP contribution in [0, 0.1) is 0 Å². The largest absolute Gasteiger partial charge is 0.455 e. The van der Waals surface area contributed by atoms with Crippen LogP contribution in [0.1, 0.15) is 0 Å². The average molecular weight is 699 g/mol. The third-order valence-electron chi connectivity index (χ3n) is 11.4. The molecule has 0 saturated heterocycles. The summed E-state index contributed by atoms with van der Waals surface area (Å²) in [4.78, 5) is 10.6. The van der Waals surface area contributed by atoms with Gasteiger partial charge in [-0.05, 0) is 91.3 Å². The fraction of sp³-hybridized carbons (Fsp3) is 0. The number of nitrogens with zero attached hydrogens (tertiary/aromatic N) is 2. The molecule has 9 aromatic carbocycles. The van der Waals surface area contributed by atoms with Crippen molar-refractivity contribution in [3.8, 4) is 33.6 Å². The van der Waals surface area contributed by atoms with Crippen LogP contribution < -0.4 is 0 Å². The van der Waals surface area contributed by atoms with Crippen molar-refractivity contribution < 1.29 is 4.42 Å². The summed E-state index contributed by atoms with van der Waals surface area (Å²) >= 11 is 0. The second kappa shape index (κ2) is 11.6. The Labute approximate surface area is 315 Å². The zero-order valence-electron chi connectivity index (χ0n) is 29.6. The summed E-state index contributed by atoms with van der Waals surface area (Å²) in [5.41, 5.74) is 10.1. The molecule has 3 heteroatoms. The Morgan fingerprint density at radius 3 is 1.69 bits per heavy atom. The molecule has 0 aliphatic heterocycles. The van der Waals surface area contributed by atoms with Crippen LogP contribution in [0.3, 0.4) is 0 Å². The highest BCUT2D eigenvalue weighted by Gasteiger charge is 2.19. The molecule has 0 saturated carbocycles. The maximum absolute atomic E-state index is 6.58. The lowest BCUT2D eigenvalue weighted by molar-refractivity contribution is 0.673. The minimum Gasteiger partial charge on any atom is -0.455 e. The van der Waals surface area contributed by atoms with Gasteiger partial charge in [-0.25, -0.2) is 9.97 Å². The molecular formula is C52H30N2O. The molecule has 3 aromatic heterocycles. The standard InChI is InChI=1S/C52H30N2O/c1-2-10-31(11-3-1)46-26-21-32-18-19-33-22-27-47(54-51(33)50(32)53-46)39-25-24-38(44-28-34-12-4-5-13-35(34)29-45(39)44)43-30-36-20-23-42-40-15-8-9-17-48(40)55-52(42)49(36)41-16-7-6-14-37(41)43/h1-30H. The van der Waals surface area contributed by atoms with Gasteiger partial charge in [-0.2, -0.15) is 0 Å². The lowest BCUT2D eigenvalue weighted by Gasteiger charge is -2.17. The highest BCUT2D eigenvalue weighted by molar-refractivity contribution is 6.26. The molecule has 0 amide bonds. The number of furan rings is 1. The van der Waals surface area contributed by atoms with E-state index >= 15 is 0 Å². The van der Waals surface area contributed by atoms with Crippen LogP contribution in [0.5, 0.6) is 0 Å². The molecule has 0 aliphatic rings. The SMILES string of the molecule is c1ccc(-c2ccc3ccc4ccc(-c5ccc(-c6cc7ccc8c9ccccc9oc8c7c7ccccc67)c6cc7ccccc7cc56)nc4c3n2)cc1. The van der Waals surface area contributed by atoms with Crippen LogP contribution in [0.15, 0.2) is 186 Å². The lowest BCUT2D eigenvalue weighted by Crippen LogP contribution is -1.93. The van der Waals surface area contributed by atoms with E-state index in [0.29, 0.717) is 0 Å². The molecule has 0 bridgehead atoms. The molecule has 0 spiro atoms. The zero-order chi connectivity index (χ0) is 36.0. The van der Waals surface area contributed by atoms with Crippen LogP contribution in [0.4, 0.5) is 0 Å². The molecule has 0 radical (unpaired) electrons. The molecule has 3 nitrogen and oxygen atoms in total. The first-order valence-corrected chi connectivity index (χ1v) is 18.7. The summed E-state index contributed by atoms with van der Waals surface area (Å²) in [6.07, 6.45) is 0. The average Bonchev–Trinajstić information content (AvgIpc) is 3.64. The number of aromatic nitrogens is 2. The molecule has 0 N–H and O–H groups in total. The van der Waals surface area contributed by atoms with Gasteiger partial charge in [-0.15, -0.1) is 0 Å². The van der Waals surface area contributed by atoms with Gasteiger partial charge in [0.2, 0.25) is 0 Å². The summed E-state index contributed by atoms with van der Waals surface area (Å²) in [7, 11) is 0. The van der Waals surface area contributed by atoms with Gasteiger partial charge in [0, 0.05) is 38.1 Å². The first-order valence-electron chi connectivity index (χ1n) is 18.7. The Kier molecular flexibility index (Phi) is 6.34. The molecule has 55 heavy (non-hydrogen) atoms. The monoisotopic (exact) mass is 698 g/mol. The van der Waals surface area contributed by atoms with Crippen molar-refractivity contribution in [2.75, 3.05) is 0 Å². The fourth-order valence-electron chi connectivity index (χ4n) is 8.77. The van der Waals surface area contributed by atoms with Crippen molar-refractivity contribution in [3.05, 3.63) is 182 Å². The number of hydrogen-bond acceptors (Lipinski definition) is 3. The zero-order valence-corrected chi connectivity index (χ0v) is 29.6. The van der Waals surface area contributed by atoms with Crippen molar-refractivity contribution in [3.63, 3.8) is 0 Å². The van der Waals surface area contributed by atoms with Gasteiger partial charge in [0.25, 0.3) is 0 Å². The van der Waals surface area contributed by atoms with Crippen LogP contribution in [-0.4, -0.2) is 9.97 Å². The topological polar surface area (TPSA) is 38.9 Å². The molecule has 0 aliphatic carbocycles. The number of hydrogen-bond donors (Lipinski definition) is 0. The minimum absolute atomic E-state index is 0.906. The van der Waals surface area contributed by atoms with Crippen molar-refractivity contribution in [1.29, 1.82) is 0 Å². The summed E-state index contributed by atoms with van der Waals surface area (Å²) in [6.45, 7) is 0. The Balaban J connectivity index is 1.12. The normalized spacial score (nSPS) is 12.0. The maximum atomic E-state index is 6.58. The number of pyridine rings is 2. The smallest absolute Gasteiger partial charge is 0.143 e. The predicted molar refractivity (Wildman–Crippen MR) is 231 cm³/mol. The van der Waals surface area contributed by atoms with Gasteiger partial charge in [-0.1, -0.05) is 140 Å². The van der Waals surface area contributed by atoms with Gasteiger partial charge in [0.05, 0.1) is 22.4 Å². The molecule has 0 unspecified atom stereocenters. The summed E-state index contributed by atoms with van der Waals surface area (Å²) in [6, 6.07) is 65.0. The first kappa shape index (κ1) is 30.1. The van der Waals surface area contributed by atoms with E-state index in [9.17, 15) is 0 Å². The van der Waals surface area contributed by atoms with E-state index in [1.54, 1.807) is 0 Å². The third kappa shape index (κ3) is 4.57. The predicted octanol–water partition coefficient (Wildman–Crippen LogP) is 14.3. The summed E-state index contributed by atoms with van der Waals surface area (Å²) in [5.74, 6) is 0. The molecule has 0 atom stereocenters. The second-order valence-electron chi connectivity index (χ2n) is 14.5. The summed E-state index contributed by atoms with van der Waals surface area (Å²) < 4.78 is 6.58. The molecular weight excluding hydrogens is 669 g/mol. The van der Waals surface area contributed by atoms with E-state index in [4.69, 9.17) is 14.4 Å². The highest BCUT2D eigenvalue weighted by atomic mass is 16.3. The quantitative estimate of drug-likeness (QED) is 0.136. The second-order valence-corrected chi connectivity index (χ2v) is 14.5. The minimum atomic E-state index is 0.906. The number of para-hydroxylation sites is 1. The van der Waals surface area contributed by atoms with Crippen LogP contribution >= 0.6 is 0 Å². The fourth-order valence-corrected chi connectivity index (χ4v) is 8.77. The van der Waals surface area contributed by atoms with E-state index < -0.39 is 0 Å². The molecule has 254 valence electrons. The number of benzene rings is 9. The van der Waals surface area contributed by atoms with Crippen molar-refractivity contribution >= 4 is 86.8 Å². The molecule has 3 heterocycles. The van der Waals surface area contributed by atoms with Crippen LogP contribution in [0.2, 0.25) is 0 Å². The van der Waals surface area contributed by atoms with Gasteiger partial charge in [-0.3, -0.25) is 0 Å². The summed E-state index contributed by atoms with van der Waals surface area (Å²) in [5, 5.41) is 13.9. The highest BCUT2D eigenvalue weighted by Crippen LogP contribution is 2.45. The molecule has 12 rings (SSSR count). The van der Waals surface area contributed by atoms with E-state index in [1.165, 1.54) is 38.1 Å². The molecule has 0 fully saturated rings. The van der Waals surface area contributed by atoms with Crippen molar-refractivity contribution in [2.24, 2.45) is 0 Å². The Bertz CT molecular complexity index is 3550. The van der Waals surface area contributed by atoms with Gasteiger partial charge in [0.1, 0.15) is 11.2 Å². The Hall–Kier alpha value is -7.36. The maximum Gasteiger partial charge on any atom is 0.143 e. The Morgan fingerprint density at radius 2 is 0.909 bits per heavy atom. The van der Waals surface area contributed by atoms with Gasteiger partial charge < -0.3 is 4.42 Å². The van der Waals surface area contributed by atoms with Crippen molar-refractivity contribution in [2.45, 2.75) is 0 Å². The number of rotatable bonds is 3.